The van der Waals surface area contributed by atoms with E-state index in [1.165, 1.54) is 11.8 Å². The molecular weight excluding hydrogens is 430 g/mol. The maximum Gasteiger partial charge on any atom is 0.410 e. The molecule has 0 spiro atoms. The van der Waals surface area contributed by atoms with E-state index in [1.807, 2.05) is 27.0 Å². The van der Waals surface area contributed by atoms with Crippen LogP contribution in [0.4, 0.5) is 4.79 Å². The molecule has 1 unspecified atom stereocenters. The molecule has 4 rings (SSSR count). The van der Waals surface area contributed by atoms with Crippen LogP contribution in [0, 0.1) is 5.92 Å². The molecule has 2 fully saturated rings. The molecule has 1 aromatic heterocycles. The maximum atomic E-state index is 12.3. The molecule has 0 radical (unpaired) electrons. The zero-order valence-electron chi connectivity index (χ0n) is 19.5. The molecule has 1 aromatic rings. The van der Waals surface area contributed by atoms with Gasteiger partial charge in [0.05, 0.1) is 12.5 Å². The summed E-state index contributed by atoms with van der Waals surface area (Å²) in [5.74, 6) is 1.55. The van der Waals surface area contributed by atoms with E-state index >= 15 is 0 Å². The number of carbonyl (C=O) groups is 1. The summed E-state index contributed by atoms with van der Waals surface area (Å²) >= 11 is 0. The Bertz CT molecular complexity index is 943. The zero-order chi connectivity index (χ0) is 23.1. The fraction of sp³-hybridized carbons (Fsp3) is 0.739. The van der Waals surface area contributed by atoms with Crippen LogP contribution in [0.1, 0.15) is 63.6 Å². The number of amides is 1. The van der Waals surface area contributed by atoms with Crippen molar-refractivity contribution in [2.24, 2.45) is 5.92 Å². The Labute approximate surface area is 191 Å². The van der Waals surface area contributed by atoms with E-state index in [4.69, 9.17) is 9.47 Å². The van der Waals surface area contributed by atoms with Crippen LogP contribution in [0.2, 0.25) is 0 Å². The number of ether oxygens (including phenoxy) is 2. The van der Waals surface area contributed by atoms with Gasteiger partial charge in [-0.15, -0.1) is 0 Å². The minimum atomic E-state index is -3.12. The van der Waals surface area contributed by atoms with Gasteiger partial charge in [0.2, 0.25) is 10.0 Å². The van der Waals surface area contributed by atoms with Crippen LogP contribution in [0.3, 0.4) is 0 Å². The van der Waals surface area contributed by atoms with Gasteiger partial charge in [-0.1, -0.05) is 0 Å². The molecule has 0 aliphatic carbocycles. The standard InChI is InChI=1S/C23H35N3O5S/c1-23(2,3)31-22(27)25-9-5-17(6-10-25)20-14-18-13-19(24-15-21(18)30-20)16-7-11-26(12-8-16)32(4,28)29/h13,15-17,20H,5-12,14H2,1-4H3. The summed E-state index contributed by atoms with van der Waals surface area (Å²) in [6.45, 7) is 8.15. The highest BCUT2D eigenvalue weighted by molar-refractivity contribution is 7.88. The lowest BCUT2D eigenvalue weighted by molar-refractivity contribution is 0.0123. The Morgan fingerprint density at radius 1 is 1.12 bits per heavy atom. The van der Waals surface area contributed by atoms with Crippen molar-refractivity contribution >= 4 is 16.1 Å². The van der Waals surface area contributed by atoms with Crippen molar-refractivity contribution in [3.05, 3.63) is 23.5 Å². The number of carbonyl (C=O) groups excluding carboxylic acids is 1. The second-order valence-electron chi connectivity index (χ2n) is 10.3. The number of rotatable bonds is 3. The first-order chi connectivity index (χ1) is 15.0. The lowest BCUT2D eigenvalue weighted by Crippen LogP contribution is -2.44. The number of hydrogen-bond acceptors (Lipinski definition) is 6. The summed E-state index contributed by atoms with van der Waals surface area (Å²) in [6, 6.07) is 2.16. The molecule has 1 atom stereocenters. The van der Waals surface area contributed by atoms with Crippen molar-refractivity contribution in [2.75, 3.05) is 32.4 Å². The normalized spacial score (nSPS) is 23.6. The highest BCUT2D eigenvalue weighted by atomic mass is 32.2. The molecular formula is C23H35N3O5S. The number of fused-ring (bicyclic) bond motifs is 1. The third kappa shape index (κ3) is 5.36. The van der Waals surface area contributed by atoms with Crippen molar-refractivity contribution in [1.82, 2.24) is 14.2 Å². The SMILES string of the molecule is CC(C)(C)OC(=O)N1CCC(C2Cc3cc(C4CCN(S(C)(=O)=O)CC4)ncc3O2)CC1. The highest BCUT2D eigenvalue weighted by Crippen LogP contribution is 2.37. The third-order valence-corrected chi connectivity index (χ3v) is 8.03. The molecule has 8 nitrogen and oxygen atoms in total. The number of sulfonamides is 1. The van der Waals surface area contributed by atoms with Crippen LogP contribution in [0.5, 0.6) is 5.75 Å². The van der Waals surface area contributed by atoms with Gasteiger partial charge in [0.25, 0.3) is 0 Å². The van der Waals surface area contributed by atoms with Gasteiger partial charge in [-0.2, -0.15) is 0 Å². The zero-order valence-corrected chi connectivity index (χ0v) is 20.4. The van der Waals surface area contributed by atoms with Gasteiger partial charge in [0.1, 0.15) is 17.5 Å². The second-order valence-corrected chi connectivity index (χ2v) is 12.3. The molecule has 32 heavy (non-hydrogen) atoms. The predicted molar refractivity (Wildman–Crippen MR) is 121 cm³/mol. The van der Waals surface area contributed by atoms with Gasteiger partial charge >= 0.3 is 6.09 Å². The van der Waals surface area contributed by atoms with Crippen LogP contribution in [-0.4, -0.2) is 72.8 Å². The second kappa shape index (κ2) is 8.82. The minimum Gasteiger partial charge on any atom is -0.488 e. The van der Waals surface area contributed by atoms with E-state index in [0.717, 1.165) is 43.5 Å². The van der Waals surface area contributed by atoms with Crippen molar-refractivity contribution < 1.29 is 22.7 Å². The largest absolute Gasteiger partial charge is 0.488 e. The summed E-state index contributed by atoms with van der Waals surface area (Å²) in [5.41, 5.74) is 1.76. The molecule has 9 heteroatoms. The van der Waals surface area contributed by atoms with Crippen LogP contribution < -0.4 is 4.74 Å². The van der Waals surface area contributed by atoms with Gasteiger partial charge < -0.3 is 14.4 Å². The van der Waals surface area contributed by atoms with E-state index in [1.54, 1.807) is 9.21 Å². The number of nitrogens with zero attached hydrogens (tertiary/aromatic N) is 3. The molecule has 3 aliphatic rings. The Hall–Kier alpha value is -1.87. The van der Waals surface area contributed by atoms with E-state index in [0.29, 0.717) is 32.1 Å². The maximum absolute atomic E-state index is 12.3. The molecule has 1 amide bonds. The van der Waals surface area contributed by atoms with Crippen LogP contribution in [0.15, 0.2) is 12.3 Å². The predicted octanol–water partition coefficient (Wildman–Crippen LogP) is 3.17. The summed E-state index contributed by atoms with van der Waals surface area (Å²) in [5, 5.41) is 0. The quantitative estimate of drug-likeness (QED) is 0.681. The van der Waals surface area contributed by atoms with E-state index < -0.39 is 15.6 Å². The van der Waals surface area contributed by atoms with Gasteiger partial charge in [-0.3, -0.25) is 4.98 Å². The first-order valence-electron chi connectivity index (χ1n) is 11.6. The van der Waals surface area contributed by atoms with Gasteiger partial charge in [0.15, 0.2) is 0 Å². The van der Waals surface area contributed by atoms with Crippen molar-refractivity contribution in [3.8, 4) is 5.75 Å². The molecule has 2 saturated heterocycles. The average molecular weight is 466 g/mol. The number of aromatic nitrogens is 1. The number of pyridine rings is 1. The average Bonchev–Trinajstić information content (AvgIpc) is 3.15. The minimum absolute atomic E-state index is 0.120. The summed E-state index contributed by atoms with van der Waals surface area (Å²) in [4.78, 5) is 18.8. The highest BCUT2D eigenvalue weighted by Gasteiger charge is 2.36. The first-order valence-corrected chi connectivity index (χ1v) is 13.4. The van der Waals surface area contributed by atoms with Crippen molar-refractivity contribution in [2.45, 2.75) is 70.5 Å². The van der Waals surface area contributed by atoms with Gasteiger partial charge in [-0.05, 0) is 58.4 Å². The van der Waals surface area contributed by atoms with E-state index in [2.05, 4.69) is 11.1 Å². The molecule has 0 saturated carbocycles. The van der Waals surface area contributed by atoms with Crippen molar-refractivity contribution in [3.63, 3.8) is 0 Å². The summed E-state index contributed by atoms with van der Waals surface area (Å²) in [6.07, 6.45) is 7.27. The number of hydrogen-bond donors (Lipinski definition) is 0. The Kier molecular flexibility index (Phi) is 6.42. The summed E-state index contributed by atoms with van der Waals surface area (Å²) in [7, 11) is -3.12. The Morgan fingerprint density at radius 3 is 2.38 bits per heavy atom. The smallest absolute Gasteiger partial charge is 0.410 e. The van der Waals surface area contributed by atoms with E-state index in [-0.39, 0.29) is 18.1 Å². The molecule has 3 aliphatic heterocycles. The lowest BCUT2D eigenvalue weighted by Gasteiger charge is -2.35. The topological polar surface area (TPSA) is 89.0 Å². The monoisotopic (exact) mass is 465 g/mol. The fourth-order valence-corrected chi connectivity index (χ4v) is 5.81. The molecule has 0 N–H and O–H groups in total. The van der Waals surface area contributed by atoms with Gasteiger partial charge in [-0.25, -0.2) is 17.5 Å². The van der Waals surface area contributed by atoms with Crippen LogP contribution in [-0.2, 0) is 21.2 Å². The van der Waals surface area contributed by atoms with Gasteiger partial charge in [0, 0.05) is 49.8 Å². The lowest BCUT2D eigenvalue weighted by atomic mass is 9.88. The molecule has 0 bridgehead atoms. The summed E-state index contributed by atoms with van der Waals surface area (Å²) < 4.78 is 36.8. The first kappa shape index (κ1) is 23.3. The molecule has 178 valence electrons. The van der Waals surface area contributed by atoms with Crippen LogP contribution in [0.25, 0.3) is 0 Å². The third-order valence-electron chi connectivity index (χ3n) is 6.73. The number of likely N-dealkylation sites (tertiary alicyclic amines) is 1. The Balaban J connectivity index is 1.31. The fourth-order valence-electron chi connectivity index (χ4n) is 4.94. The van der Waals surface area contributed by atoms with Crippen LogP contribution >= 0.6 is 0 Å². The molecule has 0 aromatic carbocycles. The van der Waals surface area contributed by atoms with Crippen molar-refractivity contribution in [1.29, 1.82) is 0 Å². The molecule has 4 heterocycles. The number of piperidine rings is 2. The Morgan fingerprint density at radius 2 is 1.78 bits per heavy atom. The van der Waals surface area contributed by atoms with E-state index in [9.17, 15) is 13.2 Å².